The van der Waals surface area contributed by atoms with Crippen molar-refractivity contribution < 1.29 is 14.3 Å². The molecule has 28 heavy (non-hydrogen) atoms. The van der Waals surface area contributed by atoms with Crippen LogP contribution in [0.1, 0.15) is 45.4 Å². The molecule has 0 atom stereocenters. The molecule has 9 nitrogen and oxygen atoms in total. The Morgan fingerprint density at radius 1 is 1.29 bits per heavy atom. The molecule has 0 spiro atoms. The summed E-state index contributed by atoms with van der Waals surface area (Å²) in [5.41, 5.74) is 1.17. The maximum absolute atomic E-state index is 12.9. The zero-order chi connectivity index (χ0) is 20.3. The van der Waals surface area contributed by atoms with Gasteiger partial charge in [-0.25, -0.2) is 9.78 Å². The summed E-state index contributed by atoms with van der Waals surface area (Å²) in [4.78, 5) is 30.0. The first-order valence-electron chi connectivity index (χ1n) is 8.64. The van der Waals surface area contributed by atoms with Gasteiger partial charge in [0.1, 0.15) is 0 Å². The van der Waals surface area contributed by atoms with Gasteiger partial charge in [0.2, 0.25) is 0 Å². The lowest BCUT2D eigenvalue weighted by molar-refractivity contribution is 0.0593. The number of nitrogens with one attached hydrogen (secondary N) is 1. The molecule has 0 saturated heterocycles. The largest absolute Gasteiger partial charge is 0.464 e. The number of esters is 1. The van der Waals surface area contributed by atoms with Gasteiger partial charge in [-0.05, 0) is 41.8 Å². The summed E-state index contributed by atoms with van der Waals surface area (Å²) < 4.78 is 6.30. The number of hydrogen-bond donors (Lipinski definition) is 1. The van der Waals surface area contributed by atoms with E-state index in [1.54, 1.807) is 31.2 Å². The van der Waals surface area contributed by atoms with Gasteiger partial charge in [0.15, 0.2) is 16.6 Å². The molecular formula is C18H20N6O3S. The van der Waals surface area contributed by atoms with Crippen molar-refractivity contribution in [3.8, 4) is 5.69 Å². The van der Waals surface area contributed by atoms with E-state index in [4.69, 9.17) is 4.74 Å². The molecule has 10 heteroatoms. The number of rotatable bonds is 6. The SMILES string of the molecule is COC(=O)c1nc(NC(=O)c2ccccc2-n2nnnc2C)sc1CC(C)C. The van der Waals surface area contributed by atoms with E-state index in [1.165, 1.54) is 23.1 Å². The molecule has 0 saturated carbocycles. The summed E-state index contributed by atoms with van der Waals surface area (Å²) in [6.45, 7) is 5.84. The van der Waals surface area contributed by atoms with E-state index in [1.807, 2.05) is 13.8 Å². The summed E-state index contributed by atoms with van der Waals surface area (Å²) >= 11 is 1.27. The number of ether oxygens (including phenoxy) is 1. The smallest absolute Gasteiger partial charge is 0.357 e. The zero-order valence-corrected chi connectivity index (χ0v) is 16.8. The number of anilines is 1. The van der Waals surface area contributed by atoms with Crippen LogP contribution in [0.2, 0.25) is 0 Å². The predicted molar refractivity (Wildman–Crippen MR) is 104 cm³/mol. The number of nitrogens with zero attached hydrogens (tertiary/aromatic N) is 5. The van der Waals surface area contributed by atoms with Crippen LogP contribution in [0.3, 0.4) is 0 Å². The molecule has 1 amide bonds. The first-order chi connectivity index (χ1) is 13.4. The lowest BCUT2D eigenvalue weighted by atomic mass is 10.1. The number of amides is 1. The van der Waals surface area contributed by atoms with E-state index in [-0.39, 0.29) is 11.6 Å². The molecule has 3 aromatic rings. The molecule has 0 aliphatic heterocycles. The number of thiazole rings is 1. The van der Waals surface area contributed by atoms with Gasteiger partial charge in [0, 0.05) is 4.88 Å². The minimum atomic E-state index is -0.517. The normalized spacial score (nSPS) is 10.9. The number of tetrazole rings is 1. The van der Waals surface area contributed by atoms with Crippen molar-refractivity contribution in [2.75, 3.05) is 12.4 Å². The van der Waals surface area contributed by atoms with Crippen molar-refractivity contribution in [2.24, 2.45) is 5.92 Å². The number of methoxy groups -OCH3 is 1. The number of para-hydroxylation sites is 1. The Balaban J connectivity index is 1.91. The summed E-state index contributed by atoms with van der Waals surface area (Å²) in [6, 6.07) is 6.98. The molecule has 146 valence electrons. The molecule has 0 aliphatic carbocycles. The molecule has 2 heterocycles. The van der Waals surface area contributed by atoms with E-state index in [9.17, 15) is 9.59 Å². The van der Waals surface area contributed by atoms with Crippen LogP contribution in [-0.2, 0) is 11.2 Å². The lowest BCUT2D eigenvalue weighted by Crippen LogP contribution is -2.16. The van der Waals surface area contributed by atoms with Crippen LogP contribution in [0.4, 0.5) is 5.13 Å². The average Bonchev–Trinajstić information content (AvgIpc) is 3.26. The number of aryl methyl sites for hydroxylation is 1. The maximum atomic E-state index is 12.9. The highest BCUT2D eigenvalue weighted by Gasteiger charge is 2.22. The number of hydrogen-bond acceptors (Lipinski definition) is 8. The summed E-state index contributed by atoms with van der Waals surface area (Å²) in [7, 11) is 1.31. The Morgan fingerprint density at radius 2 is 2.04 bits per heavy atom. The second kappa shape index (κ2) is 8.26. The van der Waals surface area contributed by atoms with Gasteiger partial charge in [-0.15, -0.1) is 16.4 Å². The maximum Gasteiger partial charge on any atom is 0.357 e. The Labute approximate surface area is 165 Å². The van der Waals surface area contributed by atoms with Gasteiger partial charge in [0.05, 0.1) is 18.4 Å². The highest BCUT2D eigenvalue weighted by Crippen LogP contribution is 2.27. The van der Waals surface area contributed by atoms with Crippen LogP contribution in [0, 0.1) is 12.8 Å². The van der Waals surface area contributed by atoms with Crippen molar-refractivity contribution >= 4 is 28.3 Å². The first-order valence-corrected chi connectivity index (χ1v) is 9.46. The molecular weight excluding hydrogens is 380 g/mol. The highest BCUT2D eigenvalue weighted by molar-refractivity contribution is 7.16. The standard InChI is InChI=1S/C18H20N6O3S/c1-10(2)9-14-15(17(26)27-4)19-18(28-14)20-16(25)12-7-5-6-8-13(12)24-11(3)21-22-23-24/h5-8,10H,9H2,1-4H3,(H,19,20,25). The third-order valence-corrected chi connectivity index (χ3v) is 4.89. The third kappa shape index (κ3) is 4.06. The van der Waals surface area contributed by atoms with Crippen LogP contribution in [0.15, 0.2) is 24.3 Å². The number of aromatic nitrogens is 5. The Kier molecular flexibility index (Phi) is 5.78. The Bertz CT molecular complexity index is 1010. The summed E-state index contributed by atoms with van der Waals surface area (Å²) in [5, 5.41) is 14.5. The van der Waals surface area contributed by atoms with Gasteiger partial charge in [-0.1, -0.05) is 26.0 Å². The molecule has 0 aliphatic rings. The monoisotopic (exact) mass is 400 g/mol. The highest BCUT2D eigenvalue weighted by atomic mass is 32.1. The second-order valence-corrected chi connectivity index (χ2v) is 7.57. The topological polar surface area (TPSA) is 112 Å². The molecule has 0 radical (unpaired) electrons. The van der Waals surface area contributed by atoms with Gasteiger partial charge >= 0.3 is 5.97 Å². The minimum absolute atomic E-state index is 0.237. The van der Waals surface area contributed by atoms with Gasteiger partial charge in [-0.2, -0.15) is 4.68 Å². The van der Waals surface area contributed by atoms with Crippen LogP contribution >= 0.6 is 11.3 Å². The van der Waals surface area contributed by atoms with E-state index in [0.717, 1.165) is 4.88 Å². The number of carbonyl (C=O) groups excluding carboxylic acids is 2. The van der Waals surface area contributed by atoms with Crippen molar-refractivity contribution in [1.29, 1.82) is 0 Å². The van der Waals surface area contributed by atoms with E-state index < -0.39 is 5.97 Å². The summed E-state index contributed by atoms with van der Waals surface area (Å²) in [5.74, 6) is 0.00139. The lowest BCUT2D eigenvalue weighted by Gasteiger charge is -2.08. The van der Waals surface area contributed by atoms with Crippen molar-refractivity contribution in [3.05, 3.63) is 46.2 Å². The van der Waals surface area contributed by atoms with Crippen LogP contribution in [-0.4, -0.2) is 44.2 Å². The fourth-order valence-corrected chi connectivity index (χ4v) is 3.80. The van der Waals surface area contributed by atoms with E-state index in [0.29, 0.717) is 34.5 Å². The molecule has 1 N–H and O–H groups in total. The molecule has 1 aromatic carbocycles. The van der Waals surface area contributed by atoms with Gasteiger partial charge in [0.25, 0.3) is 5.91 Å². The van der Waals surface area contributed by atoms with Crippen molar-refractivity contribution in [3.63, 3.8) is 0 Å². The summed E-state index contributed by atoms with van der Waals surface area (Å²) in [6.07, 6.45) is 0.665. The second-order valence-electron chi connectivity index (χ2n) is 6.49. The van der Waals surface area contributed by atoms with Crippen LogP contribution < -0.4 is 5.32 Å². The minimum Gasteiger partial charge on any atom is -0.464 e. The Morgan fingerprint density at radius 3 is 2.68 bits per heavy atom. The fraction of sp³-hybridized carbons (Fsp3) is 0.333. The van der Waals surface area contributed by atoms with Gasteiger partial charge in [-0.3, -0.25) is 10.1 Å². The van der Waals surface area contributed by atoms with E-state index in [2.05, 4.69) is 25.8 Å². The number of carbonyl (C=O) groups is 2. The Hall–Kier alpha value is -3.14. The van der Waals surface area contributed by atoms with E-state index >= 15 is 0 Å². The molecule has 0 unspecified atom stereocenters. The first kappa shape index (κ1) is 19.6. The zero-order valence-electron chi connectivity index (χ0n) is 16.0. The quantitative estimate of drug-likeness (QED) is 0.633. The molecule has 3 rings (SSSR count). The average molecular weight is 400 g/mol. The van der Waals surface area contributed by atoms with Gasteiger partial charge < -0.3 is 4.74 Å². The fourth-order valence-electron chi connectivity index (χ4n) is 2.64. The number of benzene rings is 1. The predicted octanol–water partition coefficient (Wildman–Crippen LogP) is 2.66. The molecule has 0 fully saturated rings. The molecule has 2 aromatic heterocycles. The van der Waals surface area contributed by atoms with Crippen molar-refractivity contribution in [1.82, 2.24) is 25.2 Å². The van der Waals surface area contributed by atoms with Crippen molar-refractivity contribution in [2.45, 2.75) is 27.2 Å². The van der Waals surface area contributed by atoms with Crippen LogP contribution in [0.25, 0.3) is 5.69 Å². The molecule has 0 bridgehead atoms. The van der Waals surface area contributed by atoms with Crippen LogP contribution in [0.5, 0.6) is 0 Å². The third-order valence-electron chi connectivity index (χ3n) is 3.89.